The predicted molar refractivity (Wildman–Crippen MR) is 125 cm³/mol. The van der Waals surface area contributed by atoms with E-state index in [1.165, 1.54) is 47.5 Å². The first kappa shape index (κ1) is 23.4. The maximum absolute atomic E-state index is 13.8. The third-order valence-electron chi connectivity index (χ3n) is 5.35. The molecule has 1 heterocycles. The summed E-state index contributed by atoms with van der Waals surface area (Å²) >= 11 is 6.00. The van der Waals surface area contributed by atoms with Gasteiger partial charge in [0.05, 0.1) is 17.2 Å². The van der Waals surface area contributed by atoms with Crippen LogP contribution < -0.4 is 15.1 Å². The Morgan fingerprint density at radius 2 is 1.85 bits per heavy atom. The molecule has 0 spiro atoms. The van der Waals surface area contributed by atoms with E-state index in [-0.39, 0.29) is 37.0 Å². The maximum Gasteiger partial charge on any atom is 0.245 e. The van der Waals surface area contributed by atoms with Crippen molar-refractivity contribution in [1.82, 2.24) is 5.43 Å². The van der Waals surface area contributed by atoms with E-state index < -0.39 is 17.6 Å². The largest absolute Gasteiger partial charge is 0.489 e. The Morgan fingerprint density at radius 1 is 1.12 bits per heavy atom. The van der Waals surface area contributed by atoms with Gasteiger partial charge in [-0.25, -0.2) is 14.2 Å². The number of amides is 2. The van der Waals surface area contributed by atoms with E-state index in [1.54, 1.807) is 30.3 Å². The first-order valence-corrected chi connectivity index (χ1v) is 10.8. The van der Waals surface area contributed by atoms with Crippen molar-refractivity contribution < 1.29 is 23.1 Å². The monoisotopic (exact) mass is 483 g/mol. The second-order valence-electron chi connectivity index (χ2n) is 7.67. The highest BCUT2D eigenvalue weighted by atomic mass is 35.5. The molecule has 1 aliphatic rings. The lowest BCUT2D eigenvalue weighted by Crippen LogP contribution is -2.30. The van der Waals surface area contributed by atoms with Crippen LogP contribution in [0.1, 0.15) is 17.5 Å². The summed E-state index contributed by atoms with van der Waals surface area (Å²) in [6.45, 7) is 0.188. The summed E-state index contributed by atoms with van der Waals surface area (Å²) in [6, 6.07) is 16.8. The molecule has 0 aliphatic carbocycles. The highest BCUT2D eigenvalue weighted by molar-refractivity contribution is 6.31. The third kappa shape index (κ3) is 5.58. The van der Waals surface area contributed by atoms with Crippen LogP contribution in [0.4, 0.5) is 14.5 Å². The van der Waals surface area contributed by atoms with Gasteiger partial charge < -0.3 is 9.64 Å². The van der Waals surface area contributed by atoms with E-state index in [1.807, 2.05) is 0 Å². The van der Waals surface area contributed by atoms with Crippen molar-refractivity contribution in [1.29, 1.82) is 0 Å². The molecule has 2 amide bonds. The normalized spacial score (nSPS) is 15.7. The molecular formula is C25H20ClF2N3O3. The van der Waals surface area contributed by atoms with Crippen molar-refractivity contribution in [3.8, 4) is 5.75 Å². The van der Waals surface area contributed by atoms with Gasteiger partial charge in [-0.15, -0.1) is 0 Å². The van der Waals surface area contributed by atoms with Gasteiger partial charge in [-0.1, -0.05) is 17.7 Å². The number of carbonyl (C=O) groups is 2. The molecule has 3 aromatic rings. The average Bonchev–Trinajstić information content (AvgIpc) is 3.22. The van der Waals surface area contributed by atoms with E-state index in [2.05, 4.69) is 10.5 Å². The fourth-order valence-corrected chi connectivity index (χ4v) is 3.71. The summed E-state index contributed by atoms with van der Waals surface area (Å²) in [6.07, 6.45) is 1.51. The number of hydrazone groups is 1. The van der Waals surface area contributed by atoms with E-state index in [9.17, 15) is 18.4 Å². The molecule has 1 saturated heterocycles. The fourth-order valence-electron chi connectivity index (χ4n) is 3.49. The molecule has 0 bridgehead atoms. The molecule has 1 N–H and O–H groups in total. The van der Waals surface area contributed by atoms with Crippen LogP contribution in [0.15, 0.2) is 71.8 Å². The summed E-state index contributed by atoms with van der Waals surface area (Å²) in [4.78, 5) is 26.1. The van der Waals surface area contributed by atoms with E-state index in [0.717, 1.165) is 0 Å². The van der Waals surface area contributed by atoms with Crippen molar-refractivity contribution in [3.63, 3.8) is 0 Å². The molecule has 1 atom stereocenters. The van der Waals surface area contributed by atoms with Crippen LogP contribution in [0.25, 0.3) is 0 Å². The first-order valence-electron chi connectivity index (χ1n) is 10.5. The molecule has 3 aromatic carbocycles. The van der Waals surface area contributed by atoms with Crippen LogP contribution in [-0.4, -0.2) is 24.6 Å². The molecule has 0 aromatic heterocycles. The zero-order valence-electron chi connectivity index (χ0n) is 17.9. The summed E-state index contributed by atoms with van der Waals surface area (Å²) in [7, 11) is 0. The van der Waals surface area contributed by atoms with Crippen molar-refractivity contribution in [2.45, 2.75) is 13.0 Å². The highest BCUT2D eigenvalue weighted by Crippen LogP contribution is 2.25. The number of hydrogen-bond acceptors (Lipinski definition) is 4. The smallest absolute Gasteiger partial charge is 0.245 e. The molecule has 0 radical (unpaired) electrons. The minimum atomic E-state index is -0.560. The highest BCUT2D eigenvalue weighted by Gasteiger charge is 2.35. The van der Waals surface area contributed by atoms with Crippen molar-refractivity contribution in [2.75, 3.05) is 11.4 Å². The van der Waals surface area contributed by atoms with Gasteiger partial charge >= 0.3 is 0 Å². The Kier molecular flexibility index (Phi) is 7.18. The number of nitrogens with zero attached hydrogens (tertiary/aromatic N) is 2. The molecular weight excluding hydrogens is 464 g/mol. The van der Waals surface area contributed by atoms with Gasteiger partial charge in [0.2, 0.25) is 11.8 Å². The Bertz CT molecular complexity index is 1200. The molecule has 1 aliphatic heterocycles. The van der Waals surface area contributed by atoms with Gasteiger partial charge in [0.15, 0.2) is 0 Å². The SMILES string of the molecule is O=C(N/N=C\c1ccc(OCc2c(F)cccc2Cl)cc1)[C@@H]1CC(=O)N(c2ccc(F)cc2)C1. The molecule has 1 fully saturated rings. The lowest BCUT2D eigenvalue weighted by atomic mass is 10.1. The second-order valence-corrected chi connectivity index (χ2v) is 8.08. The van der Waals surface area contributed by atoms with Crippen LogP contribution in [-0.2, 0) is 16.2 Å². The van der Waals surface area contributed by atoms with Crippen LogP contribution in [0.2, 0.25) is 5.02 Å². The summed E-state index contributed by atoms with van der Waals surface area (Å²) in [5.41, 5.74) is 3.98. The average molecular weight is 484 g/mol. The topological polar surface area (TPSA) is 71.0 Å². The number of benzene rings is 3. The molecule has 4 rings (SSSR count). The lowest BCUT2D eigenvalue weighted by molar-refractivity contribution is -0.126. The third-order valence-corrected chi connectivity index (χ3v) is 5.70. The molecule has 6 nitrogen and oxygen atoms in total. The number of carbonyl (C=O) groups excluding carboxylic acids is 2. The van der Waals surface area contributed by atoms with Crippen molar-refractivity contribution in [2.24, 2.45) is 11.0 Å². The molecule has 0 saturated carbocycles. The number of anilines is 1. The minimum absolute atomic E-state index is 0.00987. The predicted octanol–water partition coefficient (Wildman–Crippen LogP) is 4.70. The van der Waals surface area contributed by atoms with E-state index in [4.69, 9.17) is 16.3 Å². The van der Waals surface area contributed by atoms with Crippen LogP contribution in [0, 0.1) is 17.6 Å². The van der Waals surface area contributed by atoms with Gasteiger partial charge in [-0.3, -0.25) is 9.59 Å². The van der Waals surface area contributed by atoms with Gasteiger partial charge in [0.25, 0.3) is 0 Å². The standard InChI is InChI=1S/C25H20ClF2N3O3/c26-22-2-1-3-23(28)21(22)15-34-20-10-4-16(5-11-20)13-29-30-25(33)17-12-24(32)31(14-17)19-8-6-18(27)7-9-19/h1-11,13,17H,12,14-15H2,(H,30,33)/b29-13-/t17-/m1/s1. The molecule has 9 heteroatoms. The molecule has 34 heavy (non-hydrogen) atoms. The second kappa shape index (κ2) is 10.4. The maximum atomic E-state index is 13.8. The van der Waals surface area contributed by atoms with Crippen molar-refractivity contribution in [3.05, 3.63) is 94.5 Å². The van der Waals surface area contributed by atoms with E-state index >= 15 is 0 Å². The van der Waals surface area contributed by atoms with Gasteiger partial charge in [-0.05, 0) is 66.2 Å². The number of rotatable bonds is 7. The lowest BCUT2D eigenvalue weighted by Gasteiger charge is -2.16. The number of halogens is 3. The zero-order chi connectivity index (χ0) is 24.1. The Labute approximate surface area is 199 Å². The first-order chi connectivity index (χ1) is 16.4. The van der Waals surface area contributed by atoms with Crippen LogP contribution in [0.3, 0.4) is 0 Å². The van der Waals surface area contributed by atoms with Crippen LogP contribution >= 0.6 is 11.6 Å². The number of nitrogens with one attached hydrogen (secondary N) is 1. The number of hydrogen-bond donors (Lipinski definition) is 1. The summed E-state index contributed by atoms with van der Waals surface area (Å²) < 4.78 is 32.5. The number of ether oxygens (including phenoxy) is 1. The summed E-state index contributed by atoms with van der Waals surface area (Å²) in [5, 5.41) is 4.25. The quantitative estimate of drug-likeness (QED) is 0.391. The Hall–Kier alpha value is -3.78. The fraction of sp³-hybridized carbons (Fsp3) is 0.160. The van der Waals surface area contributed by atoms with Gasteiger partial charge in [0, 0.05) is 24.2 Å². The van der Waals surface area contributed by atoms with Crippen molar-refractivity contribution >= 4 is 35.3 Å². The minimum Gasteiger partial charge on any atom is -0.489 e. The molecule has 174 valence electrons. The van der Waals surface area contributed by atoms with Gasteiger partial charge in [-0.2, -0.15) is 5.10 Å². The molecule has 0 unspecified atom stereocenters. The summed E-state index contributed by atoms with van der Waals surface area (Å²) in [5.74, 6) is -1.45. The van der Waals surface area contributed by atoms with E-state index in [0.29, 0.717) is 22.0 Å². The zero-order valence-corrected chi connectivity index (χ0v) is 18.6. The van der Waals surface area contributed by atoms with Crippen LogP contribution in [0.5, 0.6) is 5.75 Å². The van der Waals surface area contributed by atoms with Gasteiger partial charge in [0.1, 0.15) is 24.0 Å². The Morgan fingerprint density at radius 3 is 2.56 bits per heavy atom. The Balaban J connectivity index is 1.28.